The summed E-state index contributed by atoms with van der Waals surface area (Å²) in [5, 5.41) is 23.4. The van der Waals surface area contributed by atoms with Gasteiger partial charge in [-0.1, -0.05) is 79.3 Å². The van der Waals surface area contributed by atoms with Crippen LogP contribution in [0.1, 0.15) is 67.4 Å². The Morgan fingerprint density at radius 2 is 1.66 bits per heavy atom. The Morgan fingerprint density at radius 1 is 1.05 bits per heavy atom. The van der Waals surface area contributed by atoms with Gasteiger partial charge in [0.1, 0.15) is 12.1 Å². The fourth-order valence-corrected chi connectivity index (χ4v) is 6.04. The summed E-state index contributed by atoms with van der Waals surface area (Å²) >= 11 is 0. The highest BCUT2D eigenvalue weighted by molar-refractivity contribution is 5.89. The Labute approximate surface area is 264 Å². The molecule has 0 aromatic heterocycles. The molecule has 2 fully saturated rings. The quantitative estimate of drug-likeness (QED) is 0.285. The van der Waals surface area contributed by atoms with Crippen LogP contribution in [-0.2, 0) is 16.2 Å². The molecule has 3 amide bonds. The van der Waals surface area contributed by atoms with Crippen molar-refractivity contribution in [3.8, 4) is 11.1 Å². The maximum Gasteiger partial charge on any atom is 0.321 e. The van der Waals surface area contributed by atoms with E-state index in [0.717, 1.165) is 16.7 Å². The molecule has 248 valence electrons. The summed E-state index contributed by atoms with van der Waals surface area (Å²) in [6.45, 7) is 12.7. The molecule has 2 aromatic carbocycles. The van der Waals surface area contributed by atoms with Gasteiger partial charge in [-0.15, -0.1) is 0 Å². The monoisotopic (exact) mass is 615 g/mol. The molecule has 2 aliphatic rings. The van der Waals surface area contributed by atoms with Crippen LogP contribution in [0.2, 0.25) is 0 Å². The predicted octanol–water partition coefficient (Wildman–Crippen LogP) is 4.84. The summed E-state index contributed by atoms with van der Waals surface area (Å²) in [5.41, 5.74) is 15.9. The number of hydrogen-bond donors (Lipinski definition) is 5. The van der Waals surface area contributed by atoms with Crippen LogP contribution >= 0.6 is 0 Å². The lowest BCUT2D eigenvalue weighted by molar-refractivity contribution is -0.180. The second-order valence-corrected chi connectivity index (χ2v) is 12.3. The van der Waals surface area contributed by atoms with Crippen molar-refractivity contribution in [3.63, 3.8) is 0 Å². The molecule has 2 aromatic rings. The Hall–Kier alpha value is -3.02. The number of aliphatic hydroxyl groups is 2. The number of urea groups is 1. The Bertz CT molecular complexity index is 1190. The molecule has 1 saturated carbocycles. The number of carbonyl (C=O) groups is 2. The van der Waals surface area contributed by atoms with Gasteiger partial charge in [0.2, 0.25) is 5.91 Å². The first-order valence-corrected chi connectivity index (χ1v) is 15.1. The summed E-state index contributed by atoms with van der Waals surface area (Å²) in [6, 6.07) is 14.6. The molecule has 1 aliphatic carbocycles. The Kier molecular flexibility index (Phi) is 15.0. The number of amides is 3. The fraction of sp³-hybridized carbons (Fsp3) is 0.588. The SMILES string of the molecule is C.CC.CC[C@@]1(C)CC(C)(C)C1N.CN(C)C(=O)Nc1ccc(-c2cccc(CN3OC(CO)C(CO)[C@H]3C(N)=O)c2)cc1. The molecular formula is C34H57N5O5. The normalized spacial score (nSPS) is 25.2. The van der Waals surface area contributed by atoms with Crippen molar-refractivity contribution in [1.82, 2.24) is 9.96 Å². The van der Waals surface area contributed by atoms with Crippen LogP contribution in [0.15, 0.2) is 48.5 Å². The molecule has 10 heteroatoms. The minimum atomic E-state index is -0.828. The van der Waals surface area contributed by atoms with Crippen molar-refractivity contribution >= 4 is 17.6 Å². The third-order valence-electron chi connectivity index (χ3n) is 8.55. The van der Waals surface area contributed by atoms with E-state index in [9.17, 15) is 19.8 Å². The molecule has 10 nitrogen and oxygen atoms in total. The lowest BCUT2D eigenvalue weighted by atomic mass is 9.50. The van der Waals surface area contributed by atoms with E-state index < -0.39 is 24.0 Å². The summed E-state index contributed by atoms with van der Waals surface area (Å²) in [7, 11) is 3.35. The van der Waals surface area contributed by atoms with Gasteiger partial charge in [-0.25, -0.2) is 4.79 Å². The van der Waals surface area contributed by atoms with Crippen LogP contribution in [0.4, 0.5) is 10.5 Å². The van der Waals surface area contributed by atoms with Crippen LogP contribution in [0.3, 0.4) is 0 Å². The molecule has 1 heterocycles. The van der Waals surface area contributed by atoms with Gasteiger partial charge in [-0.2, -0.15) is 5.06 Å². The third kappa shape index (κ3) is 9.25. The van der Waals surface area contributed by atoms with Gasteiger partial charge in [-0.3, -0.25) is 9.63 Å². The van der Waals surface area contributed by atoms with Crippen molar-refractivity contribution in [2.75, 3.05) is 32.6 Å². The highest BCUT2D eigenvalue weighted by atomic mass is 16.7. The predicted molar refractivity (Wildman–Crippen MR) is 178 cm³/mol. The largest absolute Gasteiger partial charge is 0.396 e. The number of carbonyl (C=O) groups excluding carboxylic acids is 2. The number of nitrogens with two attached hydrogens (primary N) is 2. The standard InChI is InChI=1S/C22H28N4O5.C9H19N.C2H6.CH4/c1-25(2)22(30)24-17-8-6-15(7-9-17)16-5-3-4-14(10-16)11-26-20(21(23)29)18(12-27)19(13-28)31-26;1-5-9(4)6-8(2,3)7(9)10;1-2;/h3-10,18-20,27-28H,11-13H2,1-2H3,(H2,23,29)(H,24,30);7H,5-6,10H2,1-4H3;1-2H3;1H4/t18?,19?,20-;7?,9-;;/m00../s1. The Balaban J connectivity index is 0.000000628. The average molecular weight is 616 g/mol. The summed E-state index contributed by atoms with van der Waals surface area (Å²) in [6.07, 6.45) is 1.82. The number of nitrogens with zero attached hydrogens (tertiary/aromatic N) is 2. The number of benzene rings is 2. The van der Waals surface area contributed by atoms with Crippen LogP contribution < -0.4 is 16.8 Å². The van der Waals surface area contributed by atoms with Crippen LogP contribution in [0.25, 0.3) is 11.1 Å². The van der Waals surface area contributed by atoms with Gasteiger partial charge in [0.25, 0.3) is 0 Å². The van der Waals surface area contributed by atoms with Gasteiger partial charge >= 0.3 is 6.03 Å². The van der Waals surface area contributed by atoms with E-state index in [4.69, 9.17) is 16.3 Å². The smallest absolute Gasteiger partial charge is 0.321 e. The van der Waals surface area contributed by atoms with Crippen molar-refractivity contribution in [1.29, 1.82) is 0 Å². The maximum atomic E-state index is 11.9. The van der Waals surface area contributed by atoms with Crippen LogP contribution in [-0.4, -0.2) is 77.6 Å². The number of aliphatic hydroxyl groups excluding tert-OH is 2. The molecule has 7 N–H and O–H groups in total. The van der Waals surface area contributed by atoms with E-state index in [-0.39, 0.29) is 33.2 Å². The van der Waals surface area contributed by atoms with E-state index in [1.54, 1.807) is 14.1 Å². The molecule has 0 spiro atoms. The summed E-state index contributed by atoms with van der Waals surface area (Å²) < 4.78 is 0. The minimum Gasteiger partial charge on any atom is -0.396 e. The highest BCUT2D eigenvalue weighted by Gasteiger charge is 2.52. The van der Waals surface area contributed by atoms with Crippen LogP contribution in [0.5, 0.6) is 0 Å². The Morgan fingerprint density at radius 3 is 2.09 bits per heavy atom. The van der Waals surface area contributed by atoms with Crippen molar-refractivity contribution in [3.05, 3.63) is 54.1 Å². The van der Waals surface area contributed by atoms with Gasteiger partial charge in [0.05, 0.1) is 19.8 Å². The first-order valence-electron chi connectivity index (χ1n) is 15.1. The first kappa shape index (κ1) is 39.0. The van der Waals surface area contributed by atoms with Gasteiger partial charge in [0, 0.05) is 31.7 Å². The molecule has 5 atom stereocenters. The number of primary amides is 1. The van der Waals surface area contributed by atoms with Gasteiger partial charge in [0.15, 0.2) is 0 Å². The van der Waals surface area contributed by atoms with E-state index in [2.05, 4.69) is 33.0 Å². The topological polar surface area (TPSA) is 154 Å². The zero-order chi connectivity index (χ0) is 32.5. The highest BCUT2D eigenvalue weighted by Crippen LogP contribution is 2.54. The first-order chi connectivity index (χ1) is 20.3. The maximum absolute atomic E-state index is 11.9. The zero-order valence-corrected chi connectivity index (χ0v) is 27.1. The zero-order valence-electron chi connectivity index (χ0n) is 27.1. The van der Waals surface area contributed by atoms with Gasteiger partial charge in [-0.05, 0) is 58.6 Å². The number of hydroxylamine groups is 2. The third-order valence-corrected chi connectivity index (χ3v) is 8.55. The van der Waals surface area contributed by atoms with E-state index in [1.807, 2.05) is 62.4 Å². The molecule has 1 aliphatic heterocycles. The second-order valence-electron chi connectivity index (χ2n) is 12.3. The molecule has 0 radical (unpaired) electrons. The van der Waals surface area contributed by atoms with Crippen molar-refractivity contribution in [2.24, 2.45) is 28.2 Å². The lowest BCUT2D eigenvalue weighted by Gasteiger charge is -2.57. The van der Waals surface area contributed by atoms with E-state index in [0.29, 0.717) is 22.6 Å². The number of nitrogens with one attached hydrogen (secondary N) is 1. The van der Waals surface area contributed by atoms with Crippen LogP contribution in [0, 0.1) is 16.7 Å². The molecule has 4 rings (SSSR count). The van der Waals surface area contributed by atoms with Crippen molar-refractivity contribution < 1.29 is 24.6 Å². The second kappa shape index (κ2) is 16.9. The molecule has 1 saturated heterocycles. The van der Waals surface area contributed by atoms with E-state index >= 15 is 0 Å². The van der Waals surface area contributed by atoms with E-state index in [1.165, 1.54) is 22.8 Å². The van der Waals surface area contributed by atoms with Crippen molar-refractivity contribution in [2.45, 2.75) is 86.5 Å². The summed E-state index contributed by atoms with van der Waals surface area (Å²) in [5.74, 6) is -1.20. The molecule has 44 heavy (non-hydrogen) atoms. The minimum absolute atomic E-state index is 0. The summed E-state index contributed by atoms with van der Waals surface area (Å²) in [4.78, 5) is 30.9. The molecular weight excluding hydrogens is 558 g/mol. The van der Waals surface area contributed by atoms with Gasteiger partial charge < -0.3 is 31.9 Å². The molecule has 0 bridgehead atoms. The number of rotatable bonds is 8. The average Bonchev–Trinajstić information content (AvgIpc) is 3.36. The molecule has 3 unspecified atom stereocenters. The fourth-order valence-electron chi connectivity index (χ4n) is 6.04. The number of hydrogen-bond acceptors (Lipinski definition) is 7. The number of anilines is 1. The lowest BCUT2D eigenvalue weighted by Crippen LogP contribution is -2.61.